The van der Waals surface area contributed by atoms with Crippen molar-refractivity contribution in [2.24, 2.45) is 0 Å². The molecule has 0 radical (unpaired) electrons. The second-order valence-electron chi connectivity index (χ2n) is 5.75. The normalized spacial score (nSPS) is 19.6. The van der Waals surface area contributed by atoms with Gasteiger partial charge in [-0.15, -0.1) is 0 Å². The molecule has 1 atom stereocenters. The molecule has 17 heavy (non-hydrogen) atoms. The number of rotatable bonds is 1. The second kappa shape index (κ2) is 4.40. The Morgan fingerprint density at radius 1 is 1.18 bits per heavy atom. The van der Waals surface area contributed by atoms with E-state index in [1.165, 1.54) is 11.1 Å². The lowest BCUT2D eigenvalue weighted by molar-refractivity contribution is 0.591. The van der Waals surface area contributed by atoms with Crippen LogP contribution in [-0.4, -0.2) is 0 Å². The maximum Gasteiger partial charge on any atom is 0.0352 e. The van der Waals surface area contributed by atoms with Crippen LogP contribution in [-0.2, 0) is 5.41 Å². The molecule has 0 heterocycles. The summed E-state index contributed by atoms with van der Waals surface area (Å²) in [6.07, 6.45) is 9.81. The van der Waals surface area contributed by atoms with Crippen molar-refractivity contribution in [3.8, 4) is 0 Å². The van der Waals surface area contributed by atoms with Crippen LogP contribution in [0.25, 0.3) is 0 Å². The third-order valence-corrected chi connectivity index (χ3v) is 3.29. The monoisotopic (exact) mass is 227 g/mol. The van der Waals surface area contributed by atoms with Crippen molar-refractivity contribution < 1.29 is 0 Å². The van der Waals surface area contributed by atoms with Crippen molar-refractivity contribution in [2.45, 2.75) is 38.5 Å². The summed E-state index contributed by atoms with van der Waals surface area (Å²) in [6, 6.07) is 6.46. The summed E-state index contributed by atoms with van der Waals surface area (Å²) in [7, 11) is 0. The molecule has 2 rings (SSSR count). The van der Waals surface area contributed by atoms with Gasteiger partial charge in [-0.25, -0.2) is 0 Å². The average Bonchev–Trinajstić information content (AvgIpc) is 2.29. The van der Waals surface area contributed by atoms with Gasteiger partial charge >= 0.3 is 0 Å². The van der Waals surface area contributed by atoms with E-state index in [0.717, 1.165) is 12.1 Å². The van der Waals surface area contributed by atoms with Crippen LogP contribution in [0, 0.1) is 0 Å². The summed E-state index contributed by atoms with van der Waals surface area (Å²) >= 11 is 0. The Morgan fingerprint density at radius 2 is 1.94 bits per heavy atom. The molecule has 0 aliphatic heterocycles. The molecule has 0 bridgehead atoms. The van der Waals surface area contributed by atoms with E-state index in [1.54, 1.807) is 0 Å². The van der Waals surface area contributed by atoms with Crippen LogP contribution in [0.4, 0.5) is 5.69 Å². The highest BCUT2D eigenvalue weighted by molar-refractivity contribution is 5.53. The van der Waals surface area contributed by atoms with E-state index in [9.17, 15) is 0 Å². The first-order valence-corrected chi connectivity index (χ1v) is 6.22. The van der Waals surface area contributed by atoms with E-state index in [-0.39, 0.29) is 5.41 Å². The summed E-state index contributed by atoms with van der Waals surface area (Å²) in [4.78, 5) is 0. The molecule has 0 saturated heterocycles. The van der Waals surface area contributed by atoms with Crippen LogP contribution < -0.4 is 5.73 Å². The van der Waals surface area contributed by atoms with Crippen molar-refractivity contribution in [3.63, 3.8) is 0 Å². The molecule has 1 unspecified atom stereocenters. The molecule has 0 saturated carbocycles. The fourth-order valence-electron chi connectivity index (χ4n) is 2.28. The molecule has 2 N–H and O–H groups in total. The lowest BCUT2D eigenvalue weighted by Gasteiger charge is -2.24. The van der Waals surface area contributed by atoms with E-state index in [0.29, 0.717) is 5.92 Å². The number of nitrogen functional groups attached to an aromatic ring is 1. The number of benzene rings is 1. The van der Waals surface area contributed by atoms with E-state index >= 15 is 0 Å². The van der Waals surface area contributed by atoms with Gasteiger partial charge < -0.3 is 5.73 Å². The quantitative estimate of drug-likeness (QED) is 0.716. The Labute approximate surface area is 104 Å². The van der Waals surface area contributed by atoms with Crippen molar-refractivity contribution in [2.75, 3.05) is 5.73 Å². The number of hydrogen-bond donors (Lipinski definition) is 1. The van der Waals surface area contributed by atoms with Crippen LogP contribution in [0.5, 0.6) is 0 Å². The molecule has 1 aliphatic carbocycles. The Morgan fingerprint density at radius 3 is 2.53 bits per heavy atom. The lowest BCUT2D eigenvalue weighted by Crippen LogP contribution is -2.14. The van der Waals surface area contributed by atoms with Crippen LogP contribution in [0.15, 0.2) is 42.5 Å². The Hall–Kier alpha value is -1.50. The third kappa shape index (κ3) is 2.60. The summed E-state index contributed by atoms with van der Waals surface area (Å²) in [5, 5.41) is 0. The van der Waals surface area contributed by atoms with Gasteiger partial charge in [-0.1, -0.05) is 57.2 Å². The fourth-order valence-corrected chi connectivity index (χ4v) is 2.28. The van der Waals surface area contributed by atoms with Crippen molar-refractivity contribution in [3.05, 3.63) is 53.6 Å². The highest BCUT2D eigenvalue weighted by atomic mass is 14.6. The number of allylic oxidation sites excluding steroid dienone is 4. The maximum absolute atomic E-state index is 6.07. The standard InChI is InChI=1S/C16H21N/c1-16(2,3)14-11-13(9-10-15(14)17)12-7-5-4-6-8-12/h4-7,9-12H,8,17H2,1-3H3. The van der Waals surface area contributed by atoms with Gasteiger partial charge in [0.2, 0.25) is 0 Å². The van der Waals surface area contributed by atoms with E-state index < -0.39 is 0 Å². The highest BCUT2D eigenvalue weighted by Gasteiger charge is 2.19. The molecule has 1 aromatic carbocycles. The summed E-state index contributed by atoms with van der Waals surface area (Å²) < 4.78 is 0. The predicted molar refractivity (Wildman–Crippen MR) is 75.2 cm³/mol. The Bertz CT molecular complexity index is 461. The summed E-state index contributed by atoms with van der Waals surface area (Å²) in [6.45, 7) is 6.62. The molecule has 0 spiro atoms. The van der Waals surface area contributed by atoms with Crippen LogP contribution in [0.2, 0.25) is 0 Å². The van der Waals surface area contributed by atoms with Gasteiger partial charge in [0.15, 0.2) is 0 Å². The van der Waals surface area contributed by atoms with Gasteiger partial charge in [0.1, 0.15) is 0 Å². The molecule has 1 nitrogen and oxygen atoms in total. The third-order valence-electron chi connectivity index (χ3n) is 3.29. The molecule has 1 heteroatoms. The number of nitrogens with two attached hydrogens (primary N) is 1. The molecule has 0 aromatic heterocycles. The number of anilines is 1. The Balaban J connectivity index is 2.37. The highest BCUT2D eigenvalue weighted by Crippen LogP contribution is 2.32. The minimum absolute atomic E-state index is 0.105. The average molecular weight is 227 g/mol. The molecule has 0 amide bonds. The molecular formula is C16H21N. The van der Waals surface area contributed by atoms with Gasteiger partial charge in [-0.3, -0.25) is 0 Å². The molecular weight excluding hydrogens is 206 g/mol. The van der Waals surface area contributed by atoms with Gasteiger partial charge in [0, 0.05) is 11.6 Å². The topological polar surface area (TPSA) is 26.0 Å². The van der Waals surface area contributed by atoms with E-state index in [2.05, 4.69) is 57.2 Å². The van der Waals surface area contributed by atoms with Gasteiger partial charge in [0.25, 0.3) is 0 Å². The van der Waals surface area contributed by atoms with Crippen LogP contribution >= 0.6 is 0 Å². The maximum atomic E-state index is 6.07. The summed E-state index contributed by atoms with van der Waals surface area (Å²) in [5.74, 6) is 0.502. The predicted octanol–water partition coefficient (Wildman–Crippen LogP) is 4.17. The van der Waals surface area contributed by atoms with Crippen molar-refractivity contribution >= 4 is 5.69 Å². The van der Waals surface area contributed by atoms with Gasteiger partial charge in [-0.05, 0) is 29.0 Å². The first-order valence-electron chi connectivity index (χ1n) is 6.22. The van der Waals surface area contributed by atoms with Crippen LogP contribution in [0.3, 0.4) is 0 Å². The fraction of sp³-hybridized carbons (Fsp3) is 0.375. The van der Waals surface area contributed by atoms with E-state index in [1.807, 2.05) is 6.07 Å². The molecule has 0 fully saturated rings. The molecule has 1 aromatic rings. The van der Waals surface area contributed by atoms with Crippen LogP contribution in [0.1, 0.15) is 44.2 Å². The second-order valence-corrected chi connectivity index (χ2v) is 5.75. The molecule has 90 valence electrons. The SMILES string of the molecule is CC(C)(C)c1cc(C2C=CC=CC2)ccc1N. The first-order chi connectivity index (χ1) is 7.98. The largest absolute Gasteiger partial charge is 0.398 e. The number of hydrogen-bond acceptors (Lipinski definition) is 1. The van der Waals surface area contributed by atoms with E-state index in [4.69, 9.17) is 5.73 Å². The van der Waals surface area contributed by atoms with Gasteiger partial charge in [0.05, 0.1) is 0 Å². The summed E-state index contributed by atoms with van der Waals surface area (Å²) in [5.41, 5.74) is 9.69. The van der Waals surface area contributed by atoms with Crippen molar-refractivity contribution in [1.82, 2.24) is 0 Å². The smallest absolute Gasteiger partial charge is 0.0352 e. The zero-order chi connectivity index (χ0) is 12.5. The zero-order valence-electron chi connectivity index (χ0n) is 10.9. The molecule has 1 aliphatic rings. The minimum Gasteiger partial charge on any atom is -0.398 e. The van der Waals surface area contributed by atoms with Crippen molar-refractivity contribution in [1.29, 1.82) is 0 Å². The minimum atomic E-state index is 0.105. The Kier molecular flexibility index (Phi) is 3.10. The first kappa shape index (κ1) is 12.0. The zero-order valence-corrected chi connectivity index (χ0v) is 10.9. The lowest BCUT2D eigenvalue weighted by atomic mass is 9.82. The van der Waals surface area contributed by atoms with Gasteiger partial charge in [-0.2, -0.15) is 0 Å².